The van der Waals surface area contributed by atoms with E-state index in [0.29, 0.717) is 0 Å². The van der Waals surface area contributed by atoms with Crippen molar-refractivity contribution in [1.29, 1.82) is 0 Å². The van der Waals surface area contributed by atoms with Gasteiger partial charge in [0.1, 0.15) is 11.4 Å². The van der Waals surface area contributed by atoms with Crippen LogP contribution in [0.4, 0.5) is 36.3 Å². The number of hydrogen-bond donors (Lipinski definition) is 3. The van der Waals surface area contributed by atoms with E-state index in [1.165, 1.54) is 0 Å². The first-order valence-electron chi connectivity index (χ1n) is 9.30. The Morgan fingerprint density at radius 3 is 2.66 bits per heavy atom. The molecule has 29 heavy (non-hydrogen) atoms. The van der Waals surface area contributed by atoms with Crippen molar-refractivity contribution < 1.29 is 13.2 Å². The number of fused-ring (bicyclic) bond motifs is 1. The number of alkyl halides is 3. The number of benzene rings is 2. The first-order chi connectivity index (χ1) is 13.9. The monoisotopic (exact) mass is 399 g/mol. The van der Waals surface area contributed by atoms with E-state index in [2.05, 4.69) is 25.9 Å². The van der Waals surface area contributed by atoms with Crippen LogP contribution in [0, 0.1) is 0 Å². The van der Waals surface area contributed by atoms with Gasteiger partial charge in [0.15, 0.2) is 0 Å². The molecule has 2 aromatic carbocycles. The van der Waals surface area contributed by atoms with Gasteiger partial charge in [-0.2, -0.15) is 18.2 Å². The Morgan fingerprint density at radius 1 is 1.10 bits per heavy atom. The molecule has 8 heteroatoms. The minimum Gasteiger partial charge on any atom is -0.384 e. The summed E-state index contributed by atoms with van der Waals surface area (Å²) in [5.41, 5.74) is 2.92. The van der Waals surface area contributed by atoms with E-state index in [1.54, 1.807) is 6.92 Å². The summed E-state index contributed by atoms with van der Waals surface area (Å²) in [7, 11) is 0. The molecule has 0 saturated carbocycles. The van der Waals surface area contributed by atoms with Crippen LogP contribution in [0.2, 0.25) is 0 Å². The summed E-state index contributed by atoms with van der Waals surface area (Å²) >= 11 is 0. The van der Waals surface area contributed by atoms with Gasteiger partial charge in [-0.25, -0.2) is 4.98 Å². The molecule has 0 aliphatic carbocycles. The molecular weight excluding hydrogens is 379 g/mol. The molecule has 0 bridgehead atoms. The van der Waals surface area contributed by atoms with Crippen molar-refractivity contribution >= 4 is 23.1 Å². The zero-order valence-electron chi connectivity index (χ0n) is 15.7. The van der Waals surface area contributed by atoms with Gasteiger partial charge in [0.2, 0.25) is 5.95 Å². The van der Waals surface area contributed by atoms with Crippen LogP contribution in [0.3, 0.4) is 0 Å². The smallest absolute Gasteiger partial charge is 0.384 e. The van der Waals surface area contributed by atoms with Gasteiger partial charge in [0.25, 0.3) is 0 Å². The van der Waals surface area contributed by atoms with Crippen molar-refractivity contribution in [2.24, 2.45) is 0 Å². The number of halogens is 3. The highest BCUT2D eigenvalue weighted by atomic mass is 19.4. The van der Waals surface area contributed by atoms with E-state index in [4.69, 9.17) is 0 Å². The molecule has 1 atom stereocenters. The molecule has 0 radical (unpaired) electrons. The van der Waals surface area contributed by atoms with Crippen LogP contribution in [0.15, 0.2) is 54.7 Å². The Balaban J connectivity index is 1.62. The second-order valence-corrected chi connectivity index (χ2v) is 6.90. The number of anilines is 4. The van der Waals surface area contributed by atoms with Crippen molar-refractivity contribution in [3.05, 3.63) is 71.4 Å². The molecule has 2 heterocycles. The molecule has 0 saturated heterocycles. The average molecular weight is 399 g/mol. The fourth-order valence-electron chi connectivity index (χ4n) is 3.30. The maximum atomic E-state index is 13.5. The zero-order chi connectivity index (χ0) is 20.4. The molecule has 1 aliphatic rings. The molecule has 3 aromatic rings. The highest BCUT2D eigenvalue weighted by Crippen LogP contribution is 2.35. The molecule has 3 N–H and O–H groups in total. The lowest BCUT2D eigenvalue weighted by Gasteiger charge is -2.19. The zero-order valence-corrected chi connectivity index (χ0v) is 15.7. The average Bonchev–Trinajstić information content (AvgIpc) is 3.16. The van der Waals surface area contributed by atoms with Crippen LogP contribution < -0.4 is 16.0 Å². The Labute approximate surface area is 166 Å². The van der Waals surface area contributed by atoms with Gasteiger partial charge in [-0.15, -0.1) is 0 Å². The van der Waals surface area contributed by atoms with Gasteiger partial charge in [-0.05, 0) is 42.7 Å². The van der Waals surface area contributed by atoms with Crippen LogP contribution in [0.5, 0.6) is 0 Å². The summed E-state index contributed by atoms with van der Waals surface area (Å²) in [5, 5.41) is 9.16. The van der Waals surface area contributed by atoms with Crippen molar-refractivity contribution in [2.75, 3.05) is 22.5 Å². The third-order valence-electron chi connectivity index (χ3n) is 4.82. The highest BCUT2D eigenvalue weighted by molar-refractivity contribution is 5.65. The molecule has 1 aliphatic heterocycles. The number of aromatic nitrogens is 2. The van der Waals surface area contributed by atoms with E-state index < -0.39 is 11.7 Å². The number of hydrogen-bond acceptors (Lipinski definition) is 5. The van der Waals surface area contributed by atoms with E-state index in [0.717, 1.165) is 41.7 Å². The van der Waals surface area contributed by atoms with Crippen molar-refractivity contribution in [3.63, 3.8) is 0 Å². The molecular formula is C21H20F3N5. The number of nitrogens with zero attached hydrogens (tertiary/aromatic N) is 2. The van der Waals surface area contributed by atoms with Gasteiger partial charge in [0.05, 0.1) is 0 Å². The van der Waals surface area contributed by atoms with E-state index in [-0.39, 0.29) is 17.8 Å². The van der Waals surface area contributed by atoms with Crippen molar-refractivity contribution in [2.45, 2.75) is 25.6 Å². The van der Waals surface area contributed by atoms with Gasteiger partial charge in [0, 0.05) is 30.2 Å². The van der Waals surface area contributed by atoms with Gasteiger partial charge in [-0.1, -0.05) is 30.3 Å². The van der Waals surface area contributed by atoms with Crippen molar-refractivity contribution in [1.82, 2.24) is 9.97 Å². The van der Waals surface area contributed by atoms with Crippen LogP contribution >= 0.6 is 0 Å². The normalized spacial score (nSPS) is 14.1. The molecule has 150 valence electrons. The van der Waals surface area contributed by atoms with Gasteiger partial charge < -0.3 is 16.0 Å². The Kier molecular flexibility index (Phi) is 5.00. The largest absolute Gasteiger partial charge is 0.421 e. The minimum absolute atomic E-state index is 0.103. The van der Waals surface area contributed by atoms with E-state index in [1.807, 2.05) is 48.5 Å². The summed E-state index contributed by atoms with van der Waals surface area (Å²) in [6, 6.07) is 14.6. The maximum Gasteiger partial charge on any atom is 0.421 e. The second-order valence-electron chi connectivity index (χ2n) is 6.90. The van der Waals surface area contributed by atoms with Crippen molar-refractivity contribution in [3.8, 4) is 0 Å². The summed E-state index contributed by atoms with van der Waals surface area (Å²) in [4.78, 5) is 8.00. The Morgan fingerprint density at radius 2 is 1.90 bits per heavy atom. The predicted molar refractivity (Wildman–Crippen MR) is 107 cm³/mol. The molecule has 0 spiro atoms. The Hall–Kier alpha value is -3.29. The van der Waals surface area contributed by atoms with Crippen LogP contribution in [-0.4, -0.2) is 16.5 Å². The number of nitrogens with one attached hydrogen (secondary N) is 3. The van der Waals surface area contributed by atoms with E-state index >= 15 is 0 Å². The third-order valence-corrected chi connectivity index (χ3v) is 4.82. The summed E-state index contributed by atoms with van der Waals surface area (Å²) < 4.78 is 40.4. The summed E-state index contributed by atoms with van der Waals surface area (Å²) in [6.07, 6.45) is -2.85. The molecule has 0 unspecified atom stereocenters. The molecule has 5 nitrogen and oxygen atoms in total. The fraction of sp³-hybridized carbons (Fsp3) is 0.238. The van der Waals surface area contributed by atoms with Gasteiger partial charge in [-0.3, -0.25) is 0 Å². The lowest BCUT2D eigenvalue weighted by molar-refractivity contribution is -0.137. The topological polar surface area (TPSA) is 61.9 Å². The second kappa shape index (κ2) is 7.62. The van der Waals surface area contributed by atoms with Gasteiger partial charge >= 0.3 is 6.18 Å². The SMILES string of the molecule is C[C@H](Nc1nc(Nc2ccc3c(c2)CCN3)ncc1C(F)(F)F)c1ccccc1. The Bertz CT molecular complexity index is 1000. The van der Waals surface area contributed by atoms with Crippen LogP contribution in [0.25, 0.3) is 0 Å². The number of rotatable bonds is 5. The first-order valence-corrected chi connectivity index (χ1v) is 9.30. The molecule has 0 amide bonds. The molecule has 1 aromatic heterocycles. The van der Waals surface area contributed by atoms with Crippen LogP contribution in [-0.2, 0) is 12.6 Å². The summed E-state index contributed by atoms with van der Waals surface area (Å²) in [5.74, 6) is -0.152. The summed E-state index contributed by atoms with van der Waals surface area (Å²) in [6.45, 7) is 2.67. The third kappa shape index (κ3) is 4.26. The quantitative estimate of drug-likeness (QED) is 0.538. The predicted octanol–water partition coefficient (Wildman–Crippen LogP) is 5.38. The lowest BCUT2D eigenvalue weighted by atomic mass is 10.1. The standard InChI is InChI=1S/C21H20F3N5/c1-13(14-5-3-2-4-6-14)27-19-17(21(22,23)24)12-26-20(29-19)28-16-7-8-18-15(11-16)9-10-25-18/h2-8,11-13,25H,9-10H2,1H3,(H2,26,27,28,29)/t13-/m0/s1. The maximum absolute atomic E-state index is 13.5. The molecule has 0 fully saturated rings. The fourth-order valence-corrected chi connectivity index (χ4v) is 3.30. The van der Waals surface area contributed by atoms with E-state index in [9.17, 15) is 13.2 Å². The first kappa shape index (κ1) is 19.0. The molecule has 4 rings (SSSR count). The lowest BCUT2D eigenvalue weighted by Crippen LogP contribution is -2.16. The van der Waals surface area contributed by atoms with Crippen LogP contribution in [0.1, 0.15) is 29.7 Å². The minimum atomic E-state index is -4.56. The highest BCUT2D eigenvalue weighted by Gasteiger charge is 2.35.